The highest BCUT2D eigenvalue weighted by Gasteiger charge is 2.13. The molecule has 0 bridgehead atoms. The first kappa shape index (κ1) is 12.9. The molecule has 1 heterocycles. The average Bonchev–Trinajstić information content (AvgIpc) is 2.76. The summed E-state index contributed by atoms with van der Waals surface area (Å²) in [5.74, 6) is 0. The fraction of sp³-hybridized carbons (Fsp3) is 0.308. The SMILES string of the molecule is CCn1cc(CC(O)c2ccc(Cl)cc2N)cn1. The normalized spacial score (nSPS) is 12.6. The number of aryl methyl sites for hydroxylation is 1. The number of nitrogens with zero attached hydrogens (tertiary/aromatic N) is 2. The van der Waals surface area contributed by atoms with E-state index in [9.17, 15) is 5.11 Å². The van der Waals surface area contributed by atoms with E-state index >= 15 is 0 Å². The standard InChI is InChI=1S/C13H16ClN3O/c1-2-17-8-9(7-16-17)5-13(18)11-4-3-10(14)6-12(11)15/h3-4,6-8,13,18H,2,5,15H2,1H3. The molecule has 0 aliphatic rings. The molecular weight excluding hydrogens is 250 g/mol. The molecule has 0 fully saturated rings. The van der Waals surface area contributed by atoms with Gasteiger partial charge in [0, 0.05) is 35.4 Å². The minimum Gasteiger partial charge on any atom is -0.398 e. The fourth-order valence-electron chi connectivity index (χ4n) is 1.87. The number of aliphatic hydroxyl groups excluding tert-OH is 1. The Morgan fingerprint density at radius 1 is 1.50 bits per heavy atom. The molecule has 4 nitrogen and oxygen atoms in total. The molecule has 0 saturated carbocycles. The van der Waals surface area contributed by atoms with Crippen LogP contribution in [0.3, 0.4) is 0 Å². The number of benzene rings is 1. The smallest absolute Gasteiger partial charge is 0.0851 e. The van der Waals surface area contributed by atoms with Crippen LogP contribution in [0.4, 0.5) is 5.69 Å². The summed E-state index contributed by atoms with van der Waals surface area (Å²) in [6.45, 7) is 2.84. The lowest BCUT2D eigenvalue weighted by atomic mass is 10.0. The van der Waals surface area contributed by atoms with Crippen LogP contribution in [0.25, 0.3) is 0 Å². The fourth-order valence-corrected chi connectivity index (χ4v) is 2.05. The zero-order valence-corrected chi connectivity index (χ0v) is 10.9. The zero-order valence-electron chi connectivity index (χ0n) is 10.2. The highest BCUT2D eigenvalue weighted by atomic mass is 35.5. The van der Waals surface area contributed by atoms with Crippen LogP contribution in [0.2, 0.25) is 5.02 Å². The van der Waals surface area contributed by atoms with Gasteiger partial charge in [-0.3, -0.25) is 4.68 Å². The van der Waals surface area contributed by atoms with E-state index in [-0.39, 0.29) is 0 Å². The van der Waals surface area contributed by atoms with Crippen molar-refractivity contribution in [1.82, 2.24) is 9.78 Å². The second-order valence-electron chi connectivity index (χ2n) is 4.20. The van der Waals surface area contributed by atoms with Crippen molar-refractivity contribution >= 4 is 17.3 Å². The van der Waals surface area contributed by atoms with Crippen molar-refractivity contribution < 1.29 is 5.11 Å². The average molecular weight is 266 g/mol. The van der Waals surface area contributed by atoms with Gasteiger partial charge >= 0.3 is 0 Å². The molecule has 2 aromatic rings. The van der Waals surface area contributed by atoms with Crippen molar-refractivity contribution in [2.24, 2.45) is 0 Å². The Balaban J connectivity index is 2.13. The number of aromatic nitrogens is 2. The van der Waals surface area contributed by atoms with E-state index in [2.05, 4.69) is 5.10 Å². The van der Waals surface area contributed by atoms with Crippen LogP contribution in [0, 0.1) is 0 Å². The zero-order chi connectivity index (χ0) is 13.1. The number of aliphatic hydroxyl groups is 1. The summed E-state index contributed by atoms with van der Waals surface area (Å²) in [7, 11) is 0. The van der Waals surface area contributed by atoms with Crippen molar-refractivity contribution in [2.75, 3.05) is 5.73 Å². The van der Waals surface area contributed by atoms with Gasteiger partial charge in [0.05, 0.1) is 12.3 Å². The number of nitrogens with two attached hydrogens (primary N) is 1. The summed E-state index contributed by atoms with van der Waals surface area (Å²) in [4.78, 5) is 0. The molecular formula is C13H16ClN3O. The molecule has 0 aliphatic carbocycles. The van der Waals surface area contributed by atoms with Crippen molar-refractivity contribution in [1.29, 1.82) is 0 Å². The van der Waals surface area contributed by atoms with Gasteiger partial charge in [0.15, 0.2) is 0 Å². The van der Waals surface area contributed by atoms with Crippen LogP contribution in [0.5, 0.6) is 0 Å². The molecule has 96 valence electrons. The van der Waals surface area contributed by atoms with Crippen LogP contribution in [-0.4, -0.2) is 14.9 Å². The van der Waals surface area contributed by atoms with Gasteiger partial charge in [0.2, 0.25) is 0 Å². The summed E-state index contributed by atoms with van der Waals surface area (Å²) < 4.78 is 1.83. The summed E-state index contributed by atoms with van der Waals surface area (Å²) in [6, 6.07) is 5.13. The van der Waals surface area contributed by atoms with E-state index in [1.165, 1.54) is 0 Å². The van der Waals surface area contributed by atoms with Gasteiger partial charge in [-0.2, -0.15) is 5.10 Å². The first-order chi connectivity index (χ1) is 8.60. The van der Waals surface area contributed by atoms with Crippen LogP contribution in [-0.2, 0) is 13.0 Å². The molecule has 3 N–H and O–H groups in total. The third kappa shape index (κ3) is 2.83. The minimum atomic E-state index is -0.642. The molecule has 1 unspecified atom stereocenters. The Kier molecular flexibility index (Phi) is 3.89. The third-order valence-electron chi connectivity index (χ3n) is 2.85. The number of hydrogen-bond donors (Lipinski definition) is 2. The van der Waals surface area contributed by atoms with Crippen LogP contribution in [0.1, 0.15) is 24.2 Å². The largest absolute Gasteiger partial charge is 0.398 e. The quantitative estimate of drug-likeness (QED) is 0.835. The minimum absolute atomic E-state index is 0.492. The van der Waals surface area contributed by atoms with E-state index in [0.29, 0.717) is 22.7 Å². The highest BCUT2D eigenvalue weighted by molar-refractivity contribution is 6.30. The first-order valence-electron chi connectivity index (χ1n) is 5.84. The Bertz CT molecular complexity index is 539. The molecule has 0 aliphatic heterocycles. The third-order valence-corrected chi connectivity index (χ3v) is 3.08. The molecule has 5 heteroatoms. The molecule has 1 aromatic carbocycles. The molecule has 0 radical (unpaired) electrons. The van der Waals surface area contributed by atoms with E-state index < -0.39 is 6.10 Å². The van der Waals surface area contributed by atoms with E-state index in [4.69, 9.17) is 17.3 Å². The Labute approximate surface area is 111 Å². The monoisotopic (exact) mass is 265 g/mol. The number of hydrogen-bond acceptors (Lipinski definition) is 3. The summed E-state index contributed by atoms with van der Waals surface area (Å²) >= 11 is 5.83. The van der Waals surface area contributed by atoms with Crippen molar-refractivity contribution in [2.45, 2.75) is 26.0 Å². The van der Waals surface area contributed by atoms with Gasteiger partial charge in [-0.15, -0.1) is 0 Å². The maximum atomic E-state index is 10.2. The Morgan fingerprint density at radius 3 is 2.89 bits per heavy atom. The lowest BCUT2D eigenvalue weighted by Crippen LogP contribution is -2.05. The number of rotatable bonds is 4. The maximum absolute atomic E-state index is 10.2. The molecule has 1 aromatic heterocycles. The second kappa shape index (κ2) is 5.42. The number of nitrogen functional groups attached to an aromatic ring is 1. The summed E-state index contributed by atoms with van der Waals surface area (Å²) in [5.41, 5.74) is 8.04. The van der Waals surface area contributed by atoms with E-state index in [0.717, 1.165) is 12.1 Å². The van der Waals surface area contributed by atoms with E-state index in [1.54, 1.807) is 24.4 Å². The van der Waals surface area contributed by atoms with Gasteiger partial charge in [0.25, 0.3) is 0 Å². The van der Waals surface area contributed by atoms with Crippen LogP contribution in [0.15, 0.2) is 30.6 Å². The van der Waals surface area contributed by atoms with Gasteiger partial charge < -0.3 is 10.8 Å². The summed E-state index contributed by atoms with van der Waals surface area (Å²) in [5, 5.41) is 14.9. The summed E-state index contributed by atoms with van der Waals surface area (Å²) in [6.07, 6.45) is 3.54. The van der Waals surface area contributed by atoms with Crippen LogP contribution >= 0.6 is 11.6 Å². The van der Waals surface area contributed by atoms with Gasteiger partial charge in [-0.25, -0.2) is 0 Å². The molecule has 0 spiro atoms. The topological polar surface area (TPSA) is 64.1 Å². The van der Waals surface area contributed by atoms with Gasteiger partial charge in [-0.1, -0.05) is 17.7 Å². The van der Waals surface area contributed by atoms with Crippen LogP contribution < -0.4 is 5.73 Å². The molecule has 2 rings (SSSR count). The maximum Gasteiger partial charge on any atom is 0.0851 e. The Morgan fingerprint density at radius 2 is 2.28 bits per heavy atom. The van der Waals surface area contributed by atoms with E-state index in [1.807, 2.05) is 17.8 Å². The number of anilines is 1. The predicted octanol–water partition coefficient (Wildman–Crippen LogP) is 2.41. The first-order valence-corrected chi connectivity index (χ1v) is 6.22. The lowest BCUT2D eigenvalue weighted by molar-refractivity contribution is 0.179. The molecule has 1 atom stereocenters. The molecule has 0 saturated heterocycles. The number of halogens is 1. The van der Waals surface area contributed by atoms with Gasteiger partial charge in [-0.05, 0) is 24.6 Å². The lowest BCUT2D eigenvalue weighted by Gasteiger charge is -2.12. The van der Waals surface area contributed by atoms with Crippen molar-refractivity contribution in [3.63, 3.8) is 0 Å². The Hall–Kier alpha value is -1.52. The molecule has 0 amide bonds. The van der Waals surface area contributed by atoms with Crippen molar-refractivity contribution in [3.05, 3.63) is 46.7 Å². The second-order valence-corrected chi connectivity index (χ2v) is 4.63. The highest BCUT2D eigenvalue weighted by Crippen LogP contribution is 2.26. The van der Waals surface area contributed by atoms with Gasteiger partial charge in [0.1, 0.15) is 0 Å². The predicted molar refractivity (Wildman–Crippen MR) is 72.4 cm³/mol. The van der Waals surface area contributed by atoms with Crippen molar-refractivity contribution in [3.8, 4) is 0 Å². The molecule has 18 heavy (non-hydrogen) atoms.